The third kappa shape index (κ3) is 26.2. The van der Waals surface area contributed by atoms with E-state index in [4.69, 9.17) is 159 Å². The van der Waals surface area contributed by atoms with Crippen LogP contribution in [0.25, 0.3) is 44.7 Å². The van der Waals surface area contributed by atoms with Crippen LogP contribution in [0.15, 0.2) is 116 Å². The Balaban J connectivity index is 0.000000125. The maximum absolute atomic E-state index is 13.9. The lowest BCUT2D eigenvalue weighted by atomic mass is 10.1. The maximum atomic E-state index is 13.9. The highest BCUT2D eigenvalue weighted by atomic mass is 35.9. The molecule has 0 bridgehead atoms. The van der Waals surface area contributed by atoms with Gasteiger partial charge in [-0.3, -0.25) is 32.0 Å². The second kappa shape index (κ2) is 45.6. The van der Waals surface area contributed by atoms with Crippen molar-refractivity contribution in [2.75, 3.05) is 79.8 Å². The van der Waals surface area contributed by atoms with Crippen molar-refractivity contribution in [3.8, 4) is 17.2 Å². The van der Waals surface area contributed by atoms with E-state index in [1.165, 1.54) is 56.1 Å². The number of aromatic nitrogens is 16. The molecule has 1 unspecified atom stereocenters. The Hall–Kier alpha value is -7.60. The number of hydrogen-bond acceptors (Lipinski definition) is 39. The zero-order chi connectivity index (χ0) is 103. The van der Waals surface area contributed by atoms with Gasteiger partial charge in [0.1, 0.15) is 110 Å². The van der Waals surface area contributed by atoms with Crippen LogP contribution in [-0.4, -0.2) is 271 Å². The van der Waals surface area contributed by atoms with Crippen LogP contribution in [-0.2, 0) is 84.6 Å². The first-order chi connectivity index (χ1) is 70.2. The Morgan fingerprint density at radius 3 is 0.946 bits per heavy atom. The molecule has 11 fully saturated rings. The molecule has 7 aliphatic heterocycles. The molecule has 0 amide bonds. The number of hydrogen-bond donors (Lipinski definition) is 8. The number of anilines is 4. The lowest BCUT2D eigenvalue weighted by Crippen LogP contribution is -2.34. The first-order valence-electron chi connectivity index (χ1n) is 48.7. The predicted octanol–water partition coefficient (Wildman–Crippen LogP) is 17.3. The van der Waals surface area contributed by atoms with Crippen molar-refractivity contribution in [3.63, 3.8) is 0 Å². The van der Waals surface area contributed by atoms with E-state index in [1.807, 2.05) is 45.9 Å². The molecule has 55 heteroatoms. The number of aliphatic hydroxyl groups excluding tert-OH is 2. The smallest absolute Gasteiger partial charge is 0.441 e. The van der Waals surface area contributed by atoms with Gasteiger partial charge in [0.25, 0.3) is 13.2 Å². The number of rotatable bonds is 34. The highest BCUT2D eigenvalue weighted by Gasteiger charge is 2.60. The molecule has 796 valence electrons. The fourth-order valence-corrected chi connectivity index (χ4v) is 24.3. The number of benzene rings is 3. The van der Waals surface area contributed by atoms with Gasteiger partial charge in [0.05, 0.1) is 51.7 Å². The number of nitrogens with zero attached hydrogens (tertiary/aromatic N) is 16. The second-order valence-corrected chi connectivity index (χ2v) is 51.6. The van der Waals surface area contributed by atoms with E-state index >= 15 is 0 Å². The van der Waals surface area contributed by atoms with Crippen LogP contribution < -0.4 is 34.8 Å². The summed E-state index contributed by atoms with van der Waals surface area (Å²) in [4.78, 5) is 71.4. The van der Waals surface area contributed by atoms with E-state index < -0.39 is 150 Å². The Kier molecular flexibility index (Phi) is 33.4. The topological polar surface area (TPSA) is 529 Å². The molecule has 0 spiro atoms. The van der Waals surface area contributed by atoms with Crippen molar-refractivity contribution in [1.82, 2.24) is 78.1 Å². The van der Waals surface area contributed by atoms with E-state index in [2.05, 4.69) is 81.1 Å². The van der Waals surface area contributed by atoms with Crippen LogP contribution in [0.3, 0.4) is 0 Å². The van der Waals surface area contributed by atoms with Gasteiger partial charge in [-0.1, -0.05) is 106 Å². The summed E-state index contributed by atoms with van der Waals surface area (Å²) in [6, 6.07) is 27.8. The number of fused-ring (bicyclic) bond motifs is 7. The molecule has 11 aromatic rings. The number of aliphatic hydroxyl groups is 2. The number of para-hydroxylation sites is 3. The van der Waals surface area contributed by atoms with Crippen LogP contribution in [0.4, 0.5) is 23.3 Å². The molecule has 147 heavy (non-hydrogen) atoms. The number of halogens is 6. The Morgan fingerprint density at radius 1 is 0.361 bits per heavy atom. The summed E-state index contributed by atoms with van der Waals surface area (Å²) >= 11 is 36.3. The maximum Gasteiger partial charge on any atom is 0.456 e. The normalized spacial score (nSPS) is 27.3. The third-order valence-corrected chi connectivity index (χ3v) is 31.4. The third-order valence-electron chi connectivity index (χ3n) is 26.4. The summed E-state index contributed by atoms with van der Waals surface area (Å²) in [5.41, 5.74) is 4.20. The standard InChI is InChI=1S/C31H35ClN5O7P.C23H29ClN5O6P.C19H25Cl3N5O5P.C19H27ClN5O7P/c1-31(2)41-25-23(17-39-19-45(38,43-21-13-5-3-6-14-21)44-22-15-7-4-8-16-22)40-29(26(25)42-31)37-18-33-24-27(34-20-11-9-10-12-20)35-30(32)36-28(24)37;1-36(32,35-15-9-3-2-4-10-15)13-33-11-16-18(30)19(31)22(34-16)29-12-25-17-20(26-14-7-5-6-8-14)27-23(24)28-21(17)29;1-19(2)31-13-11(7-29-9-33(21,22)28)30-17(14(13)32-19)27-8-23-12-15(24-10-5-3-4-6-10)25-18(20)26-16(12)27;1-19(2)31-13-11(7-29-9-33(26,27)28)30-17(14(13)32-19)25-8-21-12-15(22-10-5-3-4-6-10)23-18(20)24-16(12)25/h3-8,13-16,18,20,23,25-26,29H,9-12,17,19H2,1-2H3,(H,34,35,36);2-4,9-10,12,14,16,18-19,22,30-31H,5-8,11,13H2,1H3,(H,26,27,28);8,10-11,13-14,17H,3-7,9H2,1-2H3,(H,24,25,26);8,10-11,13-14,17H,3-7,9H2,1-2H3,(H,22,23,24)(H2,26,27,28)/t23-,25-,26-,29-;16-,18-,19-,22-,36?;2*11-,13-,14-,17-/m1111/s1. The minimum Gasteiger partial charge on any atom is -0.441 e. The van der Waals surface area contributed by atoms with Gasteiger partial charge in [0.15, 0.2) is 117 Å². The molecule has 45 nitrogen and oxygen atoms in total. The molecule has 7 saturated heterocycles. The molecule has 22 rings (SSSR count). The van der Waals surface area contributed by atoms with Gasteiger partial charge in [-0.05, 0) is 198 Å². The summed E-state index contributed by atoms with van der Waals surface area (Å²) in [5.74, 6) is -2.30. The average Bonchev–Trinajstić information content (AvgIpc) is 1.59. The molecule has 17 atom stereocenters. The van der Waals surface area contributed by atoms with Crippen molar-refractivity contribution in [3.05, 3.63) is 137 Å². The van der Waals surface area contributed by atoms with Gasteiger partial charge in [-0.15, -0.1) is 0 Å². The van der Waals surface area contributed by atoms with Crippen LogP contribution in [0.2, 0.25) is 21.1 Å². The molecular weight excluding hydrogens is 2120 g/mol. The van der Waals surface area contributed by atoms with E-state index in [-0.39, 0.29) is 66.6 Å². The molecule has 8 aromatic heterocycles. The van der Waals surface area contributed by atoms with Crippen molar-refractivity contribution >= 4 is 165 Å². The van der Waals surface area contributed by atoms with Crippen LogP contribution >= 0.6 is 97.3 Å². The second-order valence-electron chi connectivity index (χ2n) is 39.2. The van der Waals surface area contributed by atoms with Crippen molar-refractivity contribution in [2.24, 2.45) is 0 Å². The molecule has 11 aliphatic rings. The zero-order valence-electron chi connectivity index (χ0n) is 81.1. The molecule has 4 aliphatic carbocycles. The summed E-state index contributed by atoms with van der Waals surface area (Å²) in [6.45, 7) is 12.4. The van der Waals surface area contributed by atoms with Crippen LogP contribution in [0.1, 0.15) is 169 Å². The van der Waals surface area contributed by atoms with E-state index in [0.717, 1.165) is 64.2 Å². The lowest BCUT2D eigenvalue weighted by Gasteiger charge is -2.25. The summed E-state index contributed by atoms with van der Waals surface area (Å²) in [6.07, 6.45) is 12.0. The first-order valence-corrected chi connectivity index (χ1v) is 59.7. The molecule has 8 N–H and O–H groups in total. The Labute approximate surface area is 874 Å². The largest absolute Gasteiger partial charge is 0.456 e. The molecule has 3 aromatic carbocycles. The van der Waals surface area contributed by atoms with Gasteiger partial charge in [-0.2, -0.15) is 39.9 Å². The lowest BCUT2D eigenvalue weighted by molar-refractivity contribution is -0.201. The average molecular weight is 2240 g/mol. The monoisotopic (exact) mass is 2230 g/mol. The molecule has 4 saturated carbocycles. The highest BCUT2D eigenvalue weighted by Crippen LogP contribution is 2.57. The quantitative estimate of drug-likeness (QED) is 0.0137. The summed E-state index contributed by atoms with van der Waals surface area (Å²) in [5, 5.41) is 35.5. The van der Waals surface area contributed by atoms with Crippen molar-refractivity contribution < 1.29 is 118 Å². The number of ether oxygens (including phenoxy) is 14. The Morgan fingerprint density at radius 2 is 0.633 bits per heavy atom. The fraction of sp³-hybridized carbons (Fsp3) is 0.587. The highest BCUT2D eigenvalue weighted by molar-refractivity contribution is 8.08. The first kappa shape index (κ1) is 108. The van der Waals surface area contributed by atoms with Crippen LogP contribution in [0, 0.1) is 0 Å². The van der Waals surface area contributed by atoms with Crippen molar-refractivity contribution in [1.29, 1.82) is 0 Å². The summed E-state index contributed by atoms with van der Waals surface area (Å²) in [7, 11) is -11.2. The molecule has 0 radical (unpaired) electrons. The zero-order valence-corrected chi connectivity index (χ0v) is 89.2. The summed E-state index contributed by atoms with van der Waals surface area (Å²) < 4.78 is 158. The van der Waals surface area contributed by atoms with Gasteiger partial charge >= 0.3 is 15.2 Å². The number of nitrogens with one attached hydrogen (secondary N) is 4. The minimum absolute atomic E-state index is 0.0360. The minimum atomic E-state index is -4.30. The number of imidazole rings is 4. The van der Waals surface area contributed by atoms with Gasteiger partial charge in [0.2, 0.25) is 21.1 Å². The van der Waals surface area contributed by atoms with Gasteiger partial charge < -0.3 is 121 Å². The van der Waals surface area contributed by atoms with E-state index in [1.54, 1.807) is 119 Å². The van der Waals surface area contributed by atoms with E-state index in [0.29, 0.717) is 109 Å². The Bertz CT molecular complexity index is 6380. The predicted molar refractivity (Wildman–Crippen MR) is 541 cm³/mol. The van der Waals surface area contributed by atoms with Gasteiger partial charge in [0, 0.05) is 30.8 Å². The molecular formula is C92H116Cl6N20O25P4. The molecule has 15 heterocycles. The van der Waals surface area contributed by atoms with Crippen LogP contribution in [0.5, 0.6) is 17.2 Å². The van der Waals surface area contributed by atoms with E-state index in [9.17, 15) is 28.5 Å². The van der Waals surface area contributed by atoms with Gasteiger partial charge in [-0.25, -0.2) is 24.5 Å². The SMILES string of the molecule is CC1(C)O[C@@H]2[C@H](O1)[C@@H](COCP(=O)(Cl)Cl)O[C@H]2n1cnc2c(NC3CCCC3)nc(Cl)nc21.CC1(C)O[C@@H]2[C@H](O1)[C@@H](COCP(=O)(O)O)O[C@H]2n1cnc2c(NC3CCCC3)nc(Cl)nc21.CC1(C)O[C@@H]2[C@H](O1)[C@@H](COCP(=O)(Oc1ccccc1)Oc1ccccc1)O[C@H]2n1cnc2c(NC3CCCC3)nc(Cl)nc21.CP(=O)(COC[C@H]1O[C@@H](n2cnc3c(NC4CCCC4)nc(Cl)nc32)[C@H](O)[C@@H]1O)Oc1ccccc1. The fourth-order valence-electron chi connectivity index (χ4n) is 20.2. The van der Waals surface area contributed by atoms with Crippen molar-refractivity contribution in [2.45, 2.75) is 284 Å².